The summed E-state index contributed by atoms with van der Waals surface area (Å²) in [6.45, 7) is 0. The Bertz CT molecular complexity index is 7260. The Labute approximate surface area is 773 Å². The highest BCUT2D eigenvalue weighted by molar-refractivity contribution is 5.88. The lowest BCUT2D eigenvalue weighted by Gasteiger charge is -2.11. The molecule has 0 fully saturated rings. The fourth-order valence-corrected chi connectivity index (χ4v) is 16.0. The van der Waals surface area contributed by atoms with E-state index >= 15 is 0 Å². The minimum Gasteiger partial charge on any atom is -0.265 e. The summed E-state index contributed by atoms with van der Waals surface area (Å²) in [6, 6.07) is 141. The minimum atomic E-state index is 0.585. The van der Waals surface area contributed by atoms with Crippen LogP contribution in [0.3, 0.4) is 0 Å². The van der Waals surface area contributed by atoms with Gasteiger partial charge >= 0.3 is 0 Å². The fourth-order valence-electron chi connectivity index (χ4n) is 16.0. The largest absolute Gasteiger partial charge is 0.265 e. The molecule has 630 valence electrons. The third kappa shape index (κ3) is 18.9. The summed E-state index contributed by atoms with van der Waals surface area (Å²) in [7, 11) is 0. The van der Waals surface area contributed by atoms with E-state index in [1.807, 2.05) is 194 Å². The Hall–Kier alpha value is -18.5. The maximum absolute atomic E-state index is 5.03. The van der Waals surface area contributed by atoms with Crippen molar-refractivity contribution in [2.24, 2.45) is 0 Å². The zero-order chi connectivity index (χ0) is 89.6. The molecule has 23 rings (SSSR count). The van der Waals surface area contributed by atoms with Crippen molar-refractivity contribution in [3.8, 4) is 203 Å². The van der Waals surface area contributed by atoms with Gasteiger partial charge in [-0.1, -0.05) is 322 Å². The second-order valence-electron chi connectivity index (χ2n) is 31.8. The van der Waals surface area contributed by atoms with Gasteiger partial charge in [0.05, 0.1) is 28.5 Å². The first-order valence-corrected chi connectivity index (χ1v) is 43.9. The average Bonchev–Trinajstić information content (AvgIpc) is 0.802. The highest BCUT2D eigenvalue weighted by Crippen LogP contribution is 2.37. The number of nitrogens with zero attached hydrogens (tertiary/aromatic N) is 16. The quantitative estimate of drug-likeness (QED) is 0.0783. The van der Waals surface area contributed by atoms with Crippen LogP contribution in [-0.2, 0) is 0 Å². The van der Waals surface area contributed by atoms with E-state index in [1.165, 1.54) is 5.39 Å². The highest BCUT2D eigenvalue weighted by atomic mass is 15.1. The maximum Gasteiger partial charge on any atom is 0.164 e. The van der Waals surface area contributed by atoms with Crippen LogP contribution in [0.1, 0.15) is 0 Å². The molecule has 10 heterocycles. The number of fused-ring (bicyclic) bond motifs is 2. The summed E-state index contributed by atoms with van der Waals surface area (Å²) in [4.78, 5) is 76.0. The van der Waals surface area contributed by atoms with Gasteiger partial charge in [-0.05, 0) is 152 Å². The van der Waals surface area contributed by atoms with E-state index in [9.17, 15) is 0 Å². The predicted octanol–water partition coefficient (Wildman–Crippen LogP) is 27.7. The van der Waals surface area contributed by atoms with Gasteiger partial charge in [0.25, 0.3) is 0 Å². The van der Waals surface area contributed by atoms with Crippen molar-refractivity contribution in [1.82, 2.24) is 79.7 Å². The van der Waals surface area contributed by atoms with Gasteiger partial charge in [-0.3, -0.25) is 34.9 Å². The Morgan fingerprint density at radius 1 is 0.112 bits per heavy atom. The minimum absolute atomic E-state index is 0.585. The number of aromatic nitrogens is 16. The number of benzene rings is 13. The van der Waals surface area contributed by atoms with Gasteiger partial charge in [0.15, 0.2) is 52.4 Å². The van der Waals surface area contributed by atoms with Crippen molar-refractivity contribution < 1.29 is 0 Å². The molecule has 0 spiro atoms. The van der Waals surface area contributed by atoms with Gasteiger partial charge in [0.1, 0.15) is 0 Å². The Morgan fingerprint density at radius 2 is 0.328 bits per heavy atom. The first-order valence-electron chi connectivity index (χ1n) is 43.9. The third-order valence-corrected chi connectivity index (χ3v) is 23.1. The molecule has 0 N–H and O–H groups in total. The fraction of sp³-hybridized carbons (Fsp3) is 0. The van der Waals surface area contributed by atoms with Crippen LogP contribution in [0.5, 0.6) is 0 Å². The first-order chi connectivity index (χ1) is 66.3. The molecule has 13 aromatic carbocycles. The van der Waals surface area contributed by atoms with Gasteiger partial charge in [-0.15, -0.1) is 0 Å². The third-order valence-electron chi connectivity index (χ3n) is 23.1. The smallest absolute Gasteiger partial charge is 0.164 e. The summed E-state index contributed by atoms with van der Waals surface area (Å²) < 4.78 is 0. The number of hydrogen-bond donors (Lipinski definition) is 0. The monoisotopic (exact) mass is 1720 g/mol. The normalized spacial score (nSPS) is 11.0. The molecule has 0 atom stereocenters. The molecule has 10 aromatic heterocycles. The molecule has 0 bridgehead atoms. The number of pyridine rings is 7. The zero-order valence-corrected chi connectivity index (χ0v) is 72.2. The lowest BCUT2D eigenvalue weighted by molar-refractivity contribution is 1.07. The topological polar surface area (TPSA) is 206 Å². The summed E-state index contributed by atoms with van der Waals surface area (Å²) in [5.41, 5.74) is 26.7. The van der Waals surface area contributed by atoms with Crippen molar-refractivity contribution in [1.29, 1.82) is 0 Å². The summed E-state index contributed by atoms with van der Waals surface area (Å²) in [5.74, 6) is 5.47. The Kier molecular flexibility index (Phi) is 23.7. The van der Waals surface area contributed by atoms with Gasteiger partial charge in [-0.25, -0.2) is 44.9 Å². The Balaban J connectivity index is 0.000000121. The van der Waals surface area contributed by atoms with Gasteiger partial charge in [0.2, 0.25) is 0 Å². The van der Waals surface area contributed by atoms with Crippen molar-refractivity contribution in [3.05, 3.63) is 474 Å². The molecule has 0 aliphatic rings. The molecule has 0 radical (unpaired) electrons. The molecule has 0 aliphatic carbocycles. The second-order valence-corrected chi connectivity index (χ2v) is 31.8. The molecule has 16 nitrogen and oxygen atoms in total. The molecule has 0 saturated heterocycles. The molecule has 134 heavy (non-hydrogen) atoms. The lowest BCUT2D eigenvalue weighted by atomic mass is 10.0. The van der Waals surface area contributed by atoms with Crippen molar-refractivity contribution in [2.75, 3.05) is 0 Å². The molecular weight excluding hydrogens is 1640 g/mol. The van der Waals surface area contributed by atoms with Gasteiger partial charge in [0, 0.05) is 144 Å². The number of rotatable bonds is 18. The molecule has 0 aliphatic heterocycles. The Morgan fingerprint density at radius 3 is 0.634 bits per heavy atom. The zero-order valence-electron chi connectivity index (χ0n) is 72.2. The van der Waals surface area contributed by atoms with Crippen LogP contribution in [0.25, 0.3) is 225 Å². The first kappa shape index (κ1) is 82.4. The van der Waals surface area contributed by atoms with Crippen molar-refractivity contribution >= 4 is 21.5 Å². The van der Waals surface area contributed by atoms with E-state index in [1.54, 1.807) is 43.4 Å². The summed E-state index contributed by atoms with van der Waals surface area (Å²) in [5, 5.41) is 4.57. The van der Waals surface area contributed by atoms with Crippen LogP contribution in [0.15, 0.2) is 474 Å². The van der Waals surface area contributed by atoms with E-state index in [0.717, 1.165) is 167 Å². The van der Waals surface area contributed by atoms with Crippen LogP contribution < -0.4 is 0 Å². The SMILES string of the molecule is c1ccc(-c2ccc(-c3nc(-c4ccc(-c5ccncc5)cc4)nc(-c4ccc(-c5ccncc5)cc4)n3)cc2)nc1.c1ccc(-c2cccc(-c3nc(-c4ccc(-c5cc6ccccc6cn5)cc4)nc(-c4cccc(-c5ccccc5)c4)n3)c2)cc1.c1ccc(-c2cccc(-c3nc(-c4ccc(-c5cc6ccccc6cn5)cc4)nc(-c4cccc(-c5ccccn5)c4)n3)c2)nc1. The van der Waals surface area contributed by atoms with Gasteiger partial charge in [-0.2, -0.15) is 0 Å². The van der Waals surface area contributed by atoms with E-state index in [4.69, 9.17) is 54.8 Å². The highest BCUT2D eigenvalue weighted by Gasteiger charge is 2.20. The number of hydrogen-bond acceptors (Lipinski definition) is 16. The van der Waals surface area contributed by atoms with Gasteiger partial charge < -0.3 is 0 Å². The van der Waals surface area contributed by atoms with Crippen molar-refractivity contribution in [3.63, 3.8) is 0 Å². The molecular formula is C118H78N16. The van der Waals surface area contributed by atoms with E-state index in [-0.39, 0.29) is 0 Å². The van der Waals surface area contributed by atoms with E-state index < -0.39 is 0 Å². The van der Waals surface area contributed by atoms with Crippen LogP contribution in [0, 0.1) is 0 Å². The molecule has 0 amide bonds. The molecule has 0 saturated carbocycles. The second kappa shape index (κ2) is 38.6. The standard InChI is InChI=1S/C42H28N4.C40H26N6.C36H24N6/c1-3-11-29(12-4-1)33-17-9-19-36(25-33)41-44-40(45-42(46-41)37-20-10-18-34(26-37)30-13-5-2-6-14-30)32-23-21-31(22-24-32)39-27-35-15-7-8-16-38(35)28-43-39;1-2-10-34-26-43-37(25-29(34)9-1)27-17-19-28(20-18-27)38-44-39(32-13-7-11-30(23-32)35-15-3-5-21-41-35)46-40(45-38)33-14-8-12-31(24-33)36-16-4-6-22-42-36;1-2-20-39-33(3-1)29-8-14-32(15-9-29)36-41-34(30-10-4-25(5-11-30)27-16-21-37-22-17-27)40-35(42-36)31-12-6-26(7-13-31)28-18-23-38-24-19-28/h1-28H;1-26H;1-24H. The van der Waals surface area contributed by atoms with Crippen molar-refractivity contribution in [2.45, 2.75) is 0 Å². The van der Waals surface area contributed by atoms with E-state index in [0.29, 0.717) is 52.4 Å². The predicted molar refractivity (Wildman–Crippen MR) is 537 cm³/mol. The van der Waals surface area contributed by atoms with Crippen LogP contribution >= 0.6 is 0 Å². The lowest BCUT2D eigenvalue weighted by Crippen LogP contribution is -2.00. The average molecular weight is 1720 g/mol. The van der Waals surface area contributed by atoms with Crippen LogP contribution in [0.4, 0.5) is 0 Å². The van der Waals surface area contributed by atoms with E-state index in [2.05, 4.69) is 262 Å². The summed E-state index contributed by atoms with van der Waals surface area (Å²) in [6.07, 6.45) is 16.4. The molecule has 0 unspecified atom stereocenters. The molecule has 23 aromatic rings. The van der Waals surface area contributed by atoms with Crippen LogP contribution in [0.2, 0.25) is 0 Å². The maximum atomic E-state index is 5.03. The van der Waals surface area contributed by atoms with Crippen LogP contribution in [-0.4, -0.2) is 79.7 Å². The molecule has 16 heteroatoms. The summed E-state index contributed by atoms with van der Waals surface area (Å²) >= 11 is 0.